The van der Waals surface area contributed by atoms with Gasteiger partial charge in [-0.1, -0.05) is 18.9 Å². The Morgan fingerprint density at radius 1 is 1.38 bits per heavy atom. The summed E-state index contributed by atoms with van der Waals surface area (Å²) >= 11 is 0. The zero-order chi connectivity index (χ0) is 6.57. The minimum Gasteiger partial charge on any atom is -0.402 e. The lowest BCUT2D eigenvalue weighted by atomic mass is 10.1. The molecule has 0 spiro atoms. The first-order valence-corrected chi connectivity index (χ1v) is 3.10. The number of rotatable bonds is 2. The molecule has 0 aliphatic heterocycles. The summed E-state index contributed by atoms with van der Waals surface area (Å²) in [4.78, 5) is 0. The molecule has 8 heavy (non-hydrogen) atoms. The van der Waals surface area contributed by atoms with Gasteiger partial charge in [0, 0.05) is 5.70 Å². The molecule has 0 heterocycles. The lowest BCUT2D eigenvalue weighted by Crippen LogP contribution is -1.94. The molecule has 2 N–H and O–H groups in total. The molecule has 0 aromatic rings. The molecular formula is C7H15N. The molecule has 0 aliphatic rings. The molecule has 0 saturated carbocycles. The maximum atomic E-state index is 5.50. The van der Waals surface area contributed by atoms with Crippen molar-refractivity contribution >= 4 is 0 Å². The van der Waals surface area contributed by atoms with Crippen LogP contribution >= 0.6 is 0 Å². The molecule has 48 valence electrons. The van der Waals surface area contributed by atoms with Gasteiger partial charge in [-0.3, -0.25) is 0 Å². The molecular weight excluding hydrogens is 98.1 g/mol. The first kappa shape index (κ1) is 7.54. The van der Waals surface area contributed by atoms with Crippen molar-refractivity contribution in [3.05, 3.63) is 11.3 Å². The SMILES string of the molecule is CCCC(C)=C(C)N. The highest BCUT2D eigenvalue weighted by Gasteiger charge is 1.87. The zero-order valence-electron chi connectivity index (χ0n) is 5.99. The maximum absolute atomic E-state index is 5.50. The van der Waals surface area contributed by atoms with Crippen LogP contribution in [0.1, 0.15) is 33.6 Å². The topological polar surface area (TPSA) is 26.0 Å². The summed E-state index contributed by atoms with van der Waals surface area (Å²) in [5, 5.41) is 0. The Labute approximate surface area is 51.6 Å². The Morgan fingerprint density at radius 3 is 2.00 bits per heavy atom. The first-order chi connectivity index (χ1) is 3.68. The molecule has 0 rings (SSSR count). The smallest absolute Gasteiger partial charge is 0.00379 e. The van der Waals surface area contributed by atoms with Gasteiger partial charge >= 0.3 is 0 Å². The van der Waals surface area contributed by atoms with Crippen molar-refractivity contribution in [2.45, 2.75) is 33.6 Å². The second-order valence-electron chi connectivity index (χ2n) is 2.21. The van der Waals surface area contributed by atoms with Crippen LogP contribution in [0.5, 0.6) is 0 Å². The molecule has 0 atom stereocenters. The highest BCUT2D eigenvalue weighted by atomic mass is 14.6. The van der Waals surface area contributed by atoms with Crippen LogP contribution < -0.4 is 5.73 Å². The van der Waals surface area contributed by atoms with E-state index in [-0.39, 0.29) is 0 Å². The van der Waals surface area contributed by atoms with Crippen molar-refractivity contribution in [2.75, 3.05) is 0 Å². The number of hydrogen-bond acceptors (Lipinski definition) is 1. The van der Waals surface area contributed by atoms with Gasteiger partial charge in [0.1, 0.15) is 0 Å². The van der Waals surface area contributed by atoms with E-state index in [9.17, 15) is 0 Å². The number of hydrogen-bond donors (Lipinski definition) is 1. The van der Waals surface area contributed by atoms with E-state index in [0.29, 0.717) is 0 Å². The molecule has 0 fully saturated rings. The summed E-state index contributed by atoms with van der Waals surface area (Å²) in [5.74, 6) is 0. The molecule has 0 aromatic carbocycles. The Morgan fingerprint density at radius 2 is 1.88 bits per heavy atom. The predicted octanol–water partition coefficient (Wildman–Crippen LogP) is 2.04. The Bertz CT molecular complexity index is 88.6. The zero-order valence-corrected chi connectivity index (χ0v) is 5.99. The van der Waals surface area contributed by atoms with Crippen molar-refractivity contribution in [2.24, 2.45) is 5.73 Å². The van der Waals surface area contributed by atoms with Gasteiger partial charge in [0.25, 0.3) is 0 Å². The van der Waals surface area contributed by atoms with Crippen LogP contribution in [0.3, 0.4) is 0 Å². The van der Waals surface area contributed by atoms with Crippen LogP contribution in [0.4, 0.5) is 0 Å². The van der Waals surface area contributed by atoms with Crippen LogP contribution in [0.2, 0.25) is 0 Å². The van der Waals surface area contributed by atoms with E-state index in [1.165, 1.54) is 12.0 Å². The summed E-state index contributed by atoms with van der Waals surface area (Å²) in [7, 11) is 0. The van der Waals surface area contributed by atoms with E-state index < -0.39 is 0 Å². The minimum absolute atomic E-state index is 0.979. The Balaban J connectivity index is 3.62. The Kier molecular flexibility index (Phi) is 3.33. The maximum Gasteiger partial charge on any atom is 0.00379 e. The number of nitrogens with two attached hydrogens (primary N) is 1. The monoisotopic (exact) mass is 113 g/mol. The van der Waals surface area contributed by atoms with E-state index in [1.54, 1.807) is 0 Å². The molecule has 0 bridgehead atoms. The fourth-order valence-electron chi connectivity index (χ4n) is 0.572. The molecule has 0 aliphatic carbocycles. The molecule has 0 unspecified atom stereocenters. The largest absolute Gasteiger partial charge is 0.402 e. The van der Waals surface area contributed by atoms with E-state index in [4.69, 9.17) is 5.73 Å². The molecule has 0 saturated heterocycles. The molecule has 1 nitrogen and oxygen atoms in total. The third kappa shape index (κ3) is 2.67. The summed E-state index contributed by atoms with van der Waals surface area (Å²) in [6, 6.07) is 0. The van der Waals surface area contributed by atoms with Gasteiger partial charge in [-0.15, -0.1) is 0 Å². The van der Waals surface area contributed by atoms with Crippen LogP contribution in [-0.2, 0) is 0 Å². The minimum atomic E-state index is 0.979. The summed E-state index contributed by atoms with van der Waals surface area (Å²) in [5.41, 5.74) is 7.81. The van der Waals surface area contributed by atoms with Crippen molar-refractivity contribution in [1.29, 1.82) is 0 Å². The third-order valence-corrected chi connectivity index (χ3v) is 1.30. The van der Waals surface area contributed by atoms with Crippen molar-refractivity contribution in [3.8, 4) is 0 Å². The van der Waals surface area contributed by atoms with E-state index in [1.807, 2.05) is 6.92 Å². The molecule has 0 radical (unpaired) electrons. The average Bonchev–Trinajstić information content (AvgIpc) is 1.67. The van der Waals surface area contributed by atoms with Crippen molar-refractivity contribution in [1.82, 2.24) is 0 Å². The summed E-state index contributed by atoms with van der Waals surface area (Å²) in [6.45, 7) is 6.19. The lowest BCUT2D eigenvalue weighted by Gasteiger charge is -1.98. The second-order valence-corrected chi connectivity index (χ2v) is 2.21. The van der Waals surface area contributed by atoms with Gasteiger partial charge in [-0.25, -0.2) is 0 Å². The molecule has 0 amide bonds. The van der Waals surface area contributed by atoms with Crippen molar-refractivity contribution < 1.29 is 0 Å². The Hall–Kier alpha value is -0.460. The van der Waals surface area contributed by atoms with Crippen LogP contribution in [0.15, 0.2) is 11.3 Å². The van der Waals surface area contributed by atoms with Crippen molar-refractivity contribution in [3.63, 3.8) is 0 Å². The normalized spacial score (nSPS) is 13.4. The van der Waals surface area contributed by atoms with Gasteiger partial charge in [0.05, 0.1) is 0 Å². The summed E-state index contributed by atoms with van der Waals surface area (Å²) in [6.07, 6.45) is 2.34. The van der Waals surface area contributed by atoms with Crippen LogP contribution in [-0.4, -0.2) is 0 Å². The summed E-state index contributed by atoms with van der Waals surface area (Å²) < 4.78 is 0. The fourth-order valence-corrected chi connectivity index (χ4v) is 0.572. The van der Waals surface area contributed by atoms with Gasteiger partial charge in [-0.2, -0.15) is 0 Å². The highest BCUT2D eigenvalue weighted by Crippen LogP contribution is 2.04. The quantitative estimate of drug-likeness (QED) is 0.582. The van der Waals surface area contributed by atoms with E-state index in [2.05, 4.69) is 13.8 Å². The standard InChI is InChI=1S/C7H15N/c1-4-5-6(2)7(3)8/h4-5,8H2,1-3H3. The van der Waals surface area contributed by atoms with Gasteiger partial charge < -0.3 is 5.73 Å². The van der Waals surface area contributed by atoms with Crippen LogP contribution in [0.25, 0.3) is 0 Å². The average molecular weight is 113 g/mol. The van der Waals surface area contributed by atoms with Gasteiger partial charge in [-0.05, 0) is 20.3 Å². The third-order valence-electron chi connectivity index (χ3n) is 1.30. The van der Waals surface area contributed by atoms with E-state index >= 15 is 0 Å². The number of allylic oxidation sites excluding steroid dienone is 2. The van der Waals surface area contributed by atoms with E-state index in [0.717, 1.165) is 12.1 Å². The fraction of sp³-hybridized carbons (Fsp3) is 0.714. The second kappa shape index (κ2) is 3.53. The lowest BCUT2D eigenvalue weighted by molar-refractivity contribution is 0.886. The first-order valence-electron chi connectivity index (χ1n) is 3.10. The van der Waals surface area contributed by atoms with Gasteiger partial charge in [0.2, 0.25) is 0 Å². The molecule has 1 heteroatoms. The van der Waals surface area contributed by atoms with Gasteiger partial charge in [0.15, 0.2) is 0 Å². The molecule has 0 aromatic heterocycles. The predicted molar refractivity (Wildman–Crippen MR) is 37.5 cm³/mol. The highest BCUT2D eigenvalue weighted by molar-refractivity contribution is 5.04. The van der Waals surface area contributed by atoms with Crippen LogP contribution in [0, 0.1) is 0 Å².